The van der Waals surface area contributed by atoms with Gasteiger partial charge in [0, 0.05) is 147 Å². The quantitative estimate of drug-likeness (QED) is 0.0230. The number of unbranched alkanes of at least 4 members (excludes halogenated alkanes) is 5. The van der Waals surface area contributed by atoms with Crippen LogP contribution in [-0.2, 0) is 49.6 Å². The van der Waals surface area contributed by atoms with Crippen LogP contribution in [0.2, 0.25) is 0 Å². The van der Waals surface area contributed by atoms with Crippen molar-refractivity contribution in [1.29, 1.82) is 0 Å². The number of aryl methyl sites for hydroxylation is 3. The number of rotatable bonds is 33. The van der Waals surface area contributed by atoms with Crippen LogP contribution in [0, 0.1) is 12.8 Å². The summed E-state index contributed by atoms with van der Waals surface area (Å²) in [5, 5.41) is 11.2. The van der Waals surface area contributed by atoms with Gasteiger partial charge in [0.25, 0.3) is 0 Å². The number of halogens is 6. The Hall–Kier alpha value is -6.04. The van der Waals surface area contributed by atoms with E-state index in [1.165, 1.54) is 128 Å². The van der Waals surface area contributed by atoms with Gasteiger partial charge in [-0.1, -0.05) is 125 Å². The number of hydrogen-bond donors (Lipinski definition) is 4. The number of fused-ring (bicyclic) bond motifs is 2. The van der Waals surface area contributed by atoms with Gasteiger partial charge in [0.15, 0.2) is 0 Å². The van der Waals surface area contributed by atoms with E-state index in [2.05, 4.69) is 120 Å². The molecule has 12 rings (SSSR count). The van der Waals surface area contributed by atoms with E-state index >= 15 is 0 Å². The summed E-state index contributed by atoms with van der Waals surface area (Å²) in [5.41, 5.74) is 15.5. The molecule has 3 aliphatic heterocycles. The van der Waals surface area contributed by atoms with Crippen LogP contribution in [0.1, 0.15) is 209 Å². The van der Waals surface area contributed by atoms with Crippen LogP contribution in [-0.4, -0.2) is 180 Å². The van der Waals surface area contributed by atoms with Gasteiger partial charge < -0.3 is 26.6 Å². The first-order chi connectivity index (χ1) is 51.5. The molecule has 1 saturated carbocycles. The van der Waals surface area contributed by atoms with Crippen molar-refractivity contribution >= 4 is 5.78 Å². The molecule has 0 radical (unpaired) electrons. The molecule has 0 unspecified atom stereocenters. The minimum Gasteiger partial charge on any atom is -0.330 e. The number of carbonyl (C=O) groups excluding carboxylic acids is 1. The molecule has 14 nitrogen and oxygen atoms in total. The molecule has 6 aliphatic rings. The Morgan fingerprint density at radius 3 is 1.53 bits per heavy atom. The van der Waals surface area contributed by atoms with Crippen LogP contribution < -0.4 is 21.7 Å². The third-order valence-corrected chi connectivity index (χ3v) is 22.8. The highest BCUT2D eigenvalue weighted by atomic mass is 19.4. The zero-order valence-electron chi connectivity index (χ0n) is 63.8. The molecule has 5 N–H and O–H groups in total. The zero-order chi connectivity index (χ0) is 74.5. The minimum absolute atomic E-state index is 0.303. The number of Topliss-reactive ketones (excluding diaryl/α,β-unsaturated/α-hetero) is 1. The highest BCUT2D eigenvalue weighted by molar-refractivity contribution is 5.82. The van der Waals surface area contributed by atoms with Gasteiger partial charge in [0.2, 0.25) is 0 Å². The highest BCUT2D eigenvalue weighted by Crippen LogP contribution is 2.37. The van der Waals surface area contributed by atoms with E-state index in [4.69, 9.17) is 15.7 Å². The van der Waals surface area contributed by atoms with Crippen molar-refractivity contribution in [3.63, 3.8) is 0 Å². The van der Waals surface area contributed by atoms with Crippen LogP contribution in [0.25, 0.3) is 0 Å². The summed E-state index contributed by atoms with van der Waals surface area (Å²) in [6.45, 7) is 25.3. The molecular formula is C86H123F6N13O. The lowest BCUT2D eigenvalue weighted by molar-refractivity contribution is -0.138. The monoisotopic (exact) mass is 1470 g/mol. The number of ketones is 1. The third kappa shape index (κ3) is 26.1. The minimum atomic E-state index is -4.29. The Kier molecular flexibility index (Phi) is 33.3. The smallest absolute Gasteiger partial charge is 0.330 e. The maximum absolute atomic E-state index is 13.1. The van der Waals surface area contributed by atoms with Crippen molar-refractivity contribution in [3.8, 4) is 0 Å². The first-order valence-electron chi connectivity index (χ1n) is 40.5. The van der Waals surface area contributed by atoms with Crippen molar-refractivity contribution in [2.24, 2.45) is 11.7 Å². The molecular weight excluding hydrogens is 1350 g/mol. The summed E-state index contributed by atoms with van der Waals surface area (Å²) < 4.78 is 77.3. The van der Waals surface area contributed by atoms with Crippen LogP contribution in [0.4, 0.5) is 26.3 Å². The first kappa shape index (κ1) is 82.5. The number of nitrogens with two attached hydrogens (primary N) is 1. The molecule has 106 heavy (non-hydrogen) atoms. The summed E-state index contributed by atoms with van der Waals surface area (Å²) >= 11 is 0. The molecule has 6 atom stereocenters. The molecule has 3 aliphatic carbocycles. The van der Waals surface area contributed by atoms with Crippen LogP contribution in [0.15, 0.2) is 134 Å². The lowest BCUT2D eigenvalue weighted by Gasteiger charge is -2.40. The lowest BCUT2D eigenvalue weighted by Crippen LogP contribution is -2.55. The van der Waals surface area contributed by atoms with Crippen LogP contribution in [0.5, 0.6) is 0 Å². The topological polar surface area (TPSA) is 137 Å². The van der Waals surface area contributed by atoms with E-state index in [0.29, 0.717) is 67.3 Å². The maximum atomic E-state index is 13.1. The maximum Gasteiger partial charge on any atom is 0.416 e. The Bertz CT molecular complexity index is 3340. The summed E-state index contributed by atoms with van der Waals surface area (Å²) in [6.07, 6.45) is 19.9. The number of hydrogen-bond acceptors (Lipinski definition) is 14. The fourth-order valence-corrected chi connectivity index (χ4v) is 17.0. The summed E-state index contributed by atoms with van der Waals surface area (Å²) in [6, 6.07) is 36.5. The number of aromatic nitrogens is 3. The van der Waals surface area contributed by atoms with Crippen molar-refractivity contribution in [2.75, 3.05) is 111 Å². The first-order valence-corrected chi connectivity index (χ1v) is 40.5. The normalized spacial score (nSPS) is 20.9. The van der Waals surface area contributed by atoms with E-state index in [9.17, 15) is 31.1 Å². The molecule has 0 spiro atoms. The van der Waals surface area contributed by atoms with Gasteiger partial charge in [-0.05, 0) is 205 Å². The molecule has 3 saturated heterocycles. The predicted molar refractivity (Wildman–Crippen MR) is 415 cm³/mol. The second-order valence-corrected chi connectivity index (χ2v) is 31.0. The molecule has 6 aromatic rings. The molecule has 4 fully saturated rings. The summed E-state index contributed by atoms with van der Waals surface area (Å²) in [4.78, 5) is 42.5. The SMILES string of the molecule is CCCCCN(C[C@@H]1CN(Cc2ccc(C(F)(F)F)cc2)CCN1)[C@H]1CCCc2cccnc21.CCCCCN(C[C@H]1CN(Cc2ccc(C(F)(F)F)cc2)CCN1)[C@H]1CCCc2cccnc21.Cc1cccnc1CN(CCCCN)C[C@@H]1CN(CC[C@H](CC(=O)C2CCCC2)c2ccccc2)CCN1. The number of carbonyl (C=O) groups is 1. The van der Waals surface area contributed by atoms with Gasteiger partial charge in [-0.25, -0.2) is 0 Å². The van der Waals surface area contributed by atoms with Crippen LogP contribution >= 0.6 is 0 Å². The number of benzene rings is 3. The zero-order valence-corrected chi connectivity index (χ0v) is 63.8. The molecule has 20 heteroatoms. The Balaban J connectivity index is 0.000000170. The van der Waals surface area contributed by atoms with E-state index < -0.39 is 23.5 Å². The Morgan fingerprint density at radius 2 is 1.03 bits per heavy atom. The largest absolute Gasteiger partial charge is 0.416 e. The van der Waals surface area contributed by atoms with Crippen molar-refractivity contribution in [1.82, 2.24) is 60.3 Å². The number of pyridine rings is 3. The standard InChI is InChI=1S/C32H49N5O.2C27H37F3N4/c1-26-10-9-17-35-31(26)25-37(19-8-7-16-33)24-30-23-36(21-18-34-30)20-15-29(27-11-3-2-4-12-27)22-32(38)28-13-5-6-14-28;2*1-2-3-4-16-34(25-9-5-7-22-8-6-14-32-26(22)25)20-24-19-33(17-15-31-24)18-21-10-12-23(13-11-21)27(28,29)30/h2-4,9-12,17,28-30,34H,5-8,13-16,18-25,33H2,1H3;2*6,8,10-14,24-25,31H,2-5,7,9,15-20H2,1H3/t29-,30+;24-,25+;24-,25-/m110/s1. The van der Waals surface area contributed by atoms with E-state index in [0.717, 1.165) is 187 Å². The fraction of sp³-hybridized carbons (Fsp3) is 0.605. The second kappa shape index (κ2) is 42.8. The molecule has 580 valence electrons. The van der Waals surface area contributed by atoms with Crippen LogP contribution in [0.3, 0.4) is 0 Å². The number of alkyl halides is 6. The van der Waals surface area contributed by atoms with Crippen molar-refractivity contribution in [3.05, 3.63) is 195 Å². The summed E-state index contributed by atoms with van der Waals surface area (Å²) in [5.74, 6) is 1.11. The Morgan fingerprint density at radius 1 is 0.547 bits per heavy atom. The highest BCUT2D eigenvalue weighted by Gasteiger charge is 2.36. The second-order valence-electron chi connectivity index (χ2n) is 31.0. The van der Waals surface area contributed by atoms with Gasteiger partial charge >= 0.3 is 12.4 Å². The van der Waals surface area contributed by atoms with Gasteiger partial charge in [0.1, 0.15) is 5.78 Å². The number of piperazine rings is 3. The van der Waals surface area contributed by atoms with Gasteiger partial charge in [0.05, 0.1) is 40.3 Å². The van der Waals surface area contributed by atoms with Gasteiger partial charge in [-0.2, -0.15) is 26.3 Å². The summed E-state index contributed by atoms with van der Waals surface area (Å²) in [7, 11) is 0. The average Bonchev–Trinajstić information content (AvgIpc) is 0.847. The molecule has 0 amide bonds. The van der Waals surface area contributed by atoms with Crippen molar-refractivity contribution in [2.45, 2.75) is 217 Å². The fourth-order valence-electron chi connectivity index (χ4n) is 17.0. The van der Waals surface area contributed by atoms with Crippen molar-refractivity contribution < 1.29 is 31.1 Å². The lowest BCUT2D eigenvalue weighted by atomic mass is 9.86. The third-order valence-electron chi connectivity index (χ3n) is 22.8. The van der Waals surface area contributed by atoms with E-state index in [1.807, 2.05) is 36.8 Å². The number of nitrogens with one attached hydrogen (secondary N) is 3. The molecule has 6 heterocycles. The van der Waals surface area contributed by atoms with E-state index in [1.54, 1.807) is 24.3 Å². The van der Waals surface area contributed by atoms with Gasteiger partial charge in [-0.15, -0.1) is 0 Å². The Labute approximate surface area is 629 Å². The average molecular weight is 1470 g/mol. The van der Waals surface area contributed by atoms with E-state index in [-0.39, 0.29) is 0 Å². The predicted octanol–water partition coefficient (Wildman–Crippen LogP) is 15.4. The number of nitrogens with zero attached hydrogens (tertiary/aromatic N) is 9. The molecule has 0 bridgehead atoms. The molecule has 3 aromatic heterocycles. The molecule has 3 aromatic carbocycles. The van der Waals surface area contributed by atoms with Gasteiger partial charge in [-0.3, -0.25) is 44.2 Å².